The van der Waals surface area contributed by atoms with Crippen LogP contribution >= 0.6 is 35.0 Å². The lowest BCUT2D eigenvalue weighted by Crippen LogP contribution is -2.50. The monoisotopic (exact) mass is 725 g/mol. The number of carbonyl (C=O) groups excluding carboxylic acids is 2. The fourth-order valence-corrected chi connectivity index (χ4v) is 5.54. The molecule has 1 amide bonds. The SMILES string of the molecule is CSC[C@H](C)NC(=O)c1cc(Cl)cc(C)c1CC(=O)c1cc(Cn2cc(C(F)(F)C(F)(F)C(F)(F)F)nn2)nn1-c1ncccc1Cl. The average molecular weight is 727 g/mol. The number of rotatable bonds is 12. The molecule has 1 aromatic carbocycles. The highest BCUT2D eigenvalue weighted by Crippen LogP contribution is 2.51. The Bertz CT molecular complexity index is 1800. The lowest BCUT2D eigenvalue weighted by atomic mass is 9.95. The first-order chi connectivity index (χ1) is 21.9. The summed E-state index contributed by atoms with van der Waals surface area (Å²) in [7, 11) is 0. The number of hydrogen-bond donors (Lipinski definition) is 1. The first kappa shape index (κ1) is 36.1. The number of nitrogens with one attached hydrogen (secondary N) is 1. The number of Topliss-reactive ketones (excluding diaryl/α,β-unsaturated/α-hetero) is 1. The molecule has 0 radical (unpaired) electrons. The fraction of sp³-hybridized carbons (Fsp3) is 0.357. The van der Waals surface area contributed by atoms with Crippen LogP contribution in [-0.4, -0.2) is 71.6 Å². The van der Waals surface area contributed by atoms with Gasteiger partial charge < -0.3 is 5.32 Å². The Morgan fingerprint density at radius 3 is 2.43 bits per heavy atom. The smallest absolute Gasteiger partial charge is 0.349 e. The molecule has 0 aliphatic rings. The molecular formula is C28H24Cl2F7N7O2S. The van der Waals surface area contributed by atoms with Crippen molar-refractivity contribution in [1.82, 2.24) is 35.1 Å². The predicted molar refractivity (Wildman–Crippen MR) is 160 cm³/mol. The number of aryl methyl sites for hydroxylation is 1. The van der Waals surface area contributed by atoms with E-state index in [0.29, 0.717) is 21.6 Å². The van der Waals surface area contributed by atoms with Gasteiger partial charge in [0.1, 0.15) is 5.69 Å². The van der Waals surface area contributed by atoms with Crippen LogP contribution in [0.1, 0.15) is 50.3 Å². The van der Waals surface area contributed by atoms with E-state index in [-0.39, 0.29) is 51.5 Å². The van der Waals surface area contributed by atoms with Crippen molar-refractivity contribution in [3.05, 3.63) is 86.5 Å². The quantitative estimate of drug-likeness (QED) is 0.128. The van der Waals surface area contributed by atoms with Crippen LogP contribution in [0.15, 0.2) is 42.7 Å². The summed E-state index contributed by atoms with van der Waals surface area (Å²) in [5.74, 6) is -12.6. The summed E-state index contributed by atoms with van der Waals surface area (Å²) in [5.41, 5.74) is -1.10. The third-order valence-corrected chi connectivity index (χ3v) is 8.08. The first-order valence-corrected chi connectivity index (χ1v) is 15.6. The molecule has 47 heavy (non-hydrogen) atoms. The van der Waals surface area contributed by atoms with E-state index in [1.165, 1.54) is 42.2 Å². The van der Waals surface area contributed by atoms with Crippen molar-refractivity contribution in [1.29, 1.82) is 0 Å². The molecule has 4 rings (SSSR count). The Morgan fingerprint density at radius 1 is 1.09 bits per heavy atom. The molecule has 0 fully saturated rings. The van der Waals surface area contributed by atoms with Gasteiger partial charge >= 0.3 is 18.0 Å². The normalized spacial score (nSPS) is 13.1. The first-order valence-electron chi connectivity index (χ1n) is 13.4. The number of thioether (sulfide) groups is 1. The molecule has 0 aliphatic carbocycles. The molecule has 0 unspecified atom stereocenters. The zero-order valence-electron chi connectivity index (χ0n) is 24.5. The number of alkyl halides is 7. The van der Waals surface area contributed by atoms with Gasteiger partial charge in [-0.25, -0.2) is 14.3 Å². The molecule has 1 N–H and O–H groups in total. The maximum Gasteiger partial charge on any atom is 0.460 e. The van der Waals surface area contributed by atoms with Gasteiger partial charge in [0.2, 0.25) is 0 Å². The number of aromatic nitrogens is 6. The van der Waals surface area contributed by atoms with Crippen molar-refractivity contribution in [2.75, 3.05) is 12.0 Å². The van der Waals surface area contributed by atoms with Gasteiger partial charge in [-0.1, -0.05) is 28.4 Å². The second-order valence-corrected chi connectivity index (χ2v) is 12.1. The Hall–Kier alpha value is -3.70. The van der Waals surface area contributed by atoms with E-state index in [1.54, 1.807) is 13.0 Å². The third-order valence-electron chi connectivity index (χ3n) is 6.73. The number of halogens is 9. The predicted octanol–water partition coefficient (Wildman–Crippen LogP) is 6.72. The van der Waals surface area contributed by atoms with Gasteiger partial charge in [0.05, 0.1) is 23.5 Å². The highest BCUT2D eigenvalue weighted by atomic mass is 35.5. The lowest BCUT2D eigenvalue weighted by Gasteiger charge is -2.26. The van der Waals surface area contributed by atoms with E-state index in [2.05, 4.69) is 25.7 Å². The average Bonchev–Trinajstić information content (AvgIpc) is 3.62. The van der Waals surface area contributed by atoms with Crippen molar-refractivity contribution in [3.63, 3.8) is 0 Å². The highest BCUT2D eigenvalue weighted by Gasteiger charge is 2.74. The van der Waals surface area contributed by atoms with Crippen molar-refractivity contribution in [2.45, 2.75) is 50.9 Å². The minimum Gasteiger partial charge on any atom is -0.349 e. The van der Waals surface area contributed by atoms with E-state index in [9.17, 15) is 40.3 Å². The molecule has 1 atom stereocenters. The molecule has 4 aromatic rings. The molecule has 0 bridgehead atoms. The van der Waals surface area contributed by atoms with Crippen molar-refractivity contribution in [2.24, 2.45) is 0 Å². The third kappa shape index (κ3) is 7.56. The second kappa shape index (κ2) is 13.8. The molecule has 0 spiro atoms. The van der Waals surface area contributed by atoms with Crippen molar-refractivity contribution >= 4 is 46.7 Å². The Morgan fingerprint density at radius 2 is 1.79 bits per heavy atom. The standard InChI is InChI=1S/C28H24Cl2F7N7O2S/c1-14-7-16(29)8-19(25(46)39-15(2)13-47-3)18(14)10-22(45)21-9-17(41-44(21)24-20(30)5-4-6-38-24)11-43-12-23(40-42-43)26(31,32)27(33,34)28(35,36)37/h4-9,12,15H,10-11,13H2,1-3H3,(H,39,46)/t15-/m0/s1. The second-order valence-electron chi connectivity index (χ2n) is 10.4. The summed E-state index contributed by atoms with van der Waals surface area (Å²) in [6, 6.07) is 6.97. The van der Waals surface area contributed by atoms with Crippen LogP contribution in [0.25, 0.3) is 5.82 Å². The number of nitrogens with zero attached hydrogens (tertiary/aromatic N) is 6. The lowest BCUT2D eigenvalue weighted by molar-refractivity contribution is -0.360. The van der Waals surface area contributed by atoms with Gasteiger partial charge in [-0.15, -0.1) is 5.10 Å². The number of pyridine rings is 1. The Labute approximate surface area is 276 Å². The van der Waals surface area contributed by atoms with Crippen LogP contribution in [0.2, 0.25) is 10.0 Å². The summed E-state index contributed by atoms with van der Waals surface area (Å²) < 4.78 is 95.0. The highest BCUT2D eigenvalue weighted by molar-refractivity contribution is 7.98. The fourth-order valence-electron chi connectivity index (χ4n) is 4.48. The van der Waals surface area contributed by atoms with E-state index in [4.69, 9.17) is 23.2 Å². The van der Waals surface area contributed by atoms with E-state index in [0.717, 1.165) is 4.68 Å². The van der Waals surface area contributed by atoms with Crippen LogP contribution in [0, 0.1) is 6.92 Å². The summed E-state index contributed by atoms with van der Waals surface area (Å²) in [6.45, 7) is 2.89. The molecule has 0 saturated heterocycles. The van der Waals surface area contributed by atoms with Gasteiger partial charge in [0.25, 0.3) is 5.91 Å². The Kier molecular flexibility index (Phi) is 10.6. The topological polar surface area (TPSA) is 108 Å². The summed E-state index contributed by atoms with van der Waals surface area (Å²) in [5, 5.41) is 13.5. The van der Waals surface area contributed by atoms with Crippen molar-refractivity contribution in [3.8, 4) is 5.82 Å². The van der Waals surface area contributed by atoms with E-state index >= 15 is 0 Å². The largest absolute Gasteiger partial charge is 0.460 e. The number of benzene rings is 1. The summed E-state index contributed by atoms with van der Waals surface area (Å²) >= 11 is 14.1. The zero-order valence-corrected chi connectivity index (χ0v) is 26.9. The van der Waals surface area contributed by atoms with E-state index in [1.807, 2.05) is 13.2 Å². The van der Waals surface area contributed by atoms with Crippen LogP contribution in [0.5, 0.6) is 0 Å². The molecule has 3 heterocycles. The number of ketones is 1. The zero-order chi connectivity index (χ0) is 34.9. The van der Waals surface area contributed by atoms with Gasteiger partial charge in [-0.3, -0.25) is 9.59 Å². The minimum absolute atomic E-state index is 0.0175. The molecule has 252 valence electrons. The molecule has 19 heteroatoms. The maximum atomic E-state index is 14.2. The van der Waals surface area contributed by atoms with Crippen LogP contribution in [0.3, 0.4) is 0 Å². The van der Waals surface area contributed by atoms with Crippen LogP contribution < -0.4 is 5.32 Å². The van der Waals surface area contributed by atoms with Gasteiger partial charge in [-0.05, 0) is 61.6 Å². The number of amides is 1. The molecule has 0 saturated carbocycles. The minimum atomic E-state index is -6.56. The van der Waals surface area contributed by atoms with Gasteiger partial charge in [0.15, 0.2) is 17.3 Å². The number of carbonyl (C=O) groups is 2. The van der Waals surface area contributed by atoms with Gasteiger partial charge in [-0.2, -0.15) is 47.6 Å². The molecule has 3 aromatic heterocycles. The van der Waals surface area contributed by atoms with Crippen LogP contribution in [0.4, 0.5) is 30.7 Å². The molecule has 9 nitrogen and oxygen atoms in total. The van der Waals surface area contributed by atoms with Gasteiger partial charge in [0, 0.05) is 35.0 Å². The Balaban J connectivity index is 1.71. The van der Waals surface area contributed by atoms with E-state index < -0.39 is 42.0 Å². The maximum absolute atomic E-state index is 14.2. The van der Waals surface area contributed by atoms with Crippen molar-refractivity contribution < 1.29 is 40.3 Å². The number of hydrogen-bond acceptors (Lipinski definition) is 7. The summed E-state index contributed by atoms with van der Waals surface area (Å²) in [6.07, 6.45) is -3.46. The summed E-state index contributed by atoms with van der Waals surface area (Å²) in [4.78, 5) is 31.2. The van der Waals surface area contributed by atoms with Crippen LogP contribution in [-0.2, 0) is 18.9 Å². The molecular weight excluding hydrogens is 702 g/mol. The molecule has 0 aliphatic heterocycles.